The van der Waals surface area contributed by atoms with Crippen molar-refractivity contribution in [2.75, 3.05) is 4.90 Å². The third-order valence-corrected chi connectivity index (χ3v) is 3.80. The second kappa shape index (κ2) is 6.88. The highest BCUT2D eigenvalue weighted by molar-refractivity contribution is 5.76. The summed E-state index contributed by atoms with van der Waals surface area (Å²) in [6.45, 7) is 2.51. The van der Waals surface area contributed by atoms with Gasteiger partial charge in [0.15, 0.2) is 0 Å². The van der Waals surface area contributed by atoms with Gasteiger partial charge in [-0.05, 0) is 30.2 Å². The number of hydrogen-bond donors (Lipinski definition) is 0. The molecule has 0 radical (unpaired) electrons. The molecule has 1 heterocycles. The molecule has 0 aliphatic carbocycles. The fourth-order valence-corrected chi connectivity index (χ4v) is 2.56. The van der Waals surface area contributed by atoms with Gasteiger partial charge in [-0.2, -0.15) is 0 Å². The average molecular weight is 302 g/mol. The Bertz CT molecular complexity index is 782. The maximum atomic E-state index is 11.5. The van der Waals surface area contributed by atoms with E-state index in [1.807, 2.05) is 79.9 Å². The Morgan fingerprint density at radius 1 is 0.957 bits per heavy atom. The third kappa shape index (κ3) is 3.46. The molecule has 0 aliphatic rings. The van der Waals surface area contributed by atoms with Gasteiger partial charge in [0.1, 0.15) is 0 Å². The van der Waals surface area contributed by atoms with E-state index in [0.29, 0.717) is 6.54 Å². The van der Waals surface area contributed by atoms with Crippen molar-refractivity contribution >= 4 is 12.1 Å². The van der Waals surface area contributed by atoms with Gasteiger partial charge in [0, 0.05) is 17.4 Å². The van der Waals surface area contributed by atoms with Crippen LogP contribution in [0, 0.1) is 6.92 Å². The van der Waals surface area contributed by atoms with Gasteiger partial charge in [0.25, 0.3) is 0 Å². The van der Waals surface area contributed by atoms with Gasteiger partial charge in [-0.1, -0.05) is 54.6 Å². The Balaban J connectivity index is 1.80. The smallest absolute Gasteiger partial charge is 0.214 e. The molecule has 3 aromatic rings. The van der Waals surface area contributed by atoms with Crippen LogP contribution in [-0.2, 0) is 11.3 Å². The molecule has 3 rings (SSSR count). The van der Waals surface area contributed by atoms with Gasteiger partial charge in [-0.3, -0.25) is 9.78 Å². The van der Waals surface area contributed by atoms with Crippen LogP contribution in [-0.4, -0.2) is 11.4 Å². The number of pyridine rings is 1. The van der Waals surface area contributed by atoms with Gasteiger partial charge in [-0.25, -0.2) is 0 Å². The molecule has 3 nitrogen and oxygen atoms in total. The summed E-state index contributed by atoms with van der Waals surface area (Å²) >= 11 is 0. The average Bonchev–Trinajstić information content (AvgIpc) is 2.62. The fourth-order valence-electron chi connectivity index (χ4n) is 2.56. The highest BCUT2D eigenvalue weighted by atomic mass is 16.1. The summed E-state index contributed by atoms with van der Waals surface area (Å²) in [5, 5.41) is 0. The van der Waals surface area contributed by atoms with Crippen molar-refractivity contribution in [3.63, 3.8) is 0 Å². The predicted molar refractivity (Wildman–Crippen MR) is 93.1 cm³/mol. The van der Waals surface area contributed by atoms with E-state index in [2.05, 4.69) is 4.98 Å². The lowest BCUT2D eigenvalue weighted by Crippen LogP contribution is -2.21. The van der Waals surface area contributed by atoms with E-state index in [-0.39, 0.29) is 0 Å². The first-order chi connectivity index (χ1) is 11.3. The van der Waals surface area contributed by atoms with Crippen LogP contribution in [0.1, 0.15) is 11.1 Å². The van der Waals surface area contributed by atoms with Crippen LogP contribution in [0.15, 0.2) is 72.9 Å². The van der Waals surface area contributed by atoms with E-state index < -0.39 is 0 Å². The van der Waals surface area contributed by atoms with Crippen LogP contribution in [0.25, 0.3) is 11.3 Å². The van der Waals surface area contributed by atoms with E-state index in [1.54, 1.807) is 4.90 Å². The molecular formula is C20H18N2O. The second-order valence-corrected chi connectivity index (χ2v) is 5.44. The molecule has 0 unspecified atom stereocenters. The summed E-state index contributed by atoms with van der Waals surface area (Å²) in [7, 11) is 0. The number of amides is 1. The lowest BCUT2D eigenvalue weighted by Gasteiger charge is -2.19. The van der Waals surface area contributed by atoms with E-state index in [9.17, 15) is 4.79 Å². The number of hydrogen-bond acceptors (Lipinski definition) is 2. The van der Waals surface area contributed by atoms with Gasteiger partial charge in [0.05, 0.1) is 12.2 Å². The van der Waals surface area contributed by atoms with Crippen LogP contribution in [0.5, 0.6) is 0 Å². The number of carbonyl (C=O) groups excluding carboxylic acids is 1. The Hall–Kier alpha value is -2.94. The minimum absolute atomic E-state index is 0.510. The molecule has 0 saturated heterocycles. The Labute approximate surface area is 136 Å². The molecule has 0 aliphatic heterocycles. The number of para-hydroxylation sites is 1. The molecular weight excluding hydrogens is 284 g/mol. The summed E-state index contributed by atoms with van der Waals surface area (Å²) < 4.78 is 0. The number of benzene rings is 2. The minimum Gasteiger partial charge on any atom is -0.310 e. The second-order valence-electron chi connectivity index (χ2n) is 5.44. The minimum atomic E-state index is 0.510. The van der Waals surface area contributed by atoms with Gasteiger partial charge in [0.2, 0.25) is 6.41 Å². The summed E-state index contributed by atoms with van der Waals surface area (Å²) in [6.07, 6.45) is 2.70. The van der Waals surface area contributed by atoms with E-state index in [1.165, 1.54) is 0 Å². The van der Waals surface area contributed by atoms with Gasteiger partial charge in [-0.15, -0.1) is 0 Å². The molecule has 0 bridgehead atoms. The number of aromatic nitrogens is 1. The monoisotopic (exact) mass is 302 g/mol. The van der Waals surface area contributed by atoms with Crippen LogP contribution >= 0.6 is 0 Å². The first kappa shape index (κ1) is 15.0. The molecule has 1 aromatic heterocycles. The van der Waals surface area contributed by atoms with Gasteiger partial charge < -0.3 is 4.90 Å². The van der Waals surface area contributed by atoms with Crippen molar-refractivity contribution in [3.8, 4) is 11.3 Å². The molecule has 114 valence electrons. The van der Waals surface area contributed by atoms with Crippen molar-refractivity contribution in [1.82, 2.24) is 4.98 Å². The molecule has 0 fully saturated rings. The number of aryl methyl sites for hydroxylation is 1. The molecule has 0 atom stereocenters. The van der Waals surface area contributed by atoms with Crippen LogP contribution in [0.3, 0.4) is 0 Å². The van der Waals surface area contributed by atoms with E-state index in [0.717, 1.165) is 34.5 Å². The largest absolute Gasteiger partial charge is 0.310 e. The molecule has 0 N–H and O–H groups in total. The molecule has 3 heteroatoms. The standard InChI is InChI=1S/C20H18N2O/c1-16-7-5-6-10-20(16)22(15-23)14-17-11-12-19(21-13-17)18-8-3-2-4-9-18/h2-13,15H,14H2,1H3. The quantitative estimate of drug-likeness (QED) is 0.661. The molecule has 0 spiro atoms. The number of nitrogens with zero attached hydrogens (tertiary/aromatic N) is 2. The topological polar surface area (TPSA) is 33.2 Å². The first-order valence-corrected chi connectivity index (χ1v) is 7.56. The Kier molecular flexibility index (Phi) is 4.48. The van der Waals surface area contributed by atoms with Crippen molar-refractivity contribution in [2.45, 2.75) is 13.5 Å². The van der Waals surface area contributed by atoms with E-state index >= 15 is 0 Å². The first-order valence-electron chi connectivity index (χ1n) is 7.56. The van der Waals surface area contributed by atoms with Crippen molar-refractivity contribution in [3.05, 3.63) is 84.1 Å². The zero-order chi connectivity index (χ0) is 16.1. The van der Waals surface area contributed by atoms with E-state index in [4.69, 9.17) is 0 Å². The molecule has 2 aromatic carbocycles. The van der Waals surface area contributed by atoms with Gasteiger partial charge >= 0.3 is 0 Å². The highest BCUT2D eigenvalue weighted by Crippen LogP contribution is 2.21. The van der Waals surface area contributed by atoms with Crippen molar-refractivity contribution in [2.24, 2.45) is 0 Å². The zero-order valence-corrected chi connectivity index (χ0v) is 13.0. The lowest BCUT2D eigenvalue weighted by atomic mass is 10.1. The summed E-state index contributed by atoms with van der Waals surface area (Å²) in [4.78, 5) is 17.7. The number of rotatable bonds is 5. The number of anilines is 1. The maximum absolute atomic E-state index is 11.5. The number of carbonyl (C=O) groups is 1. The summed E-state index contributed by atoms with van der Waals surface area (Å²) in [5.41, 5.74) is 5.02. The Morgan fingerprint density at radius 2 is 1.70 bits per heavy atom. The van der Waals surface area contributed by atoms with Crippen LogP contribution in [0.2, 0.25) is 0 Å². The summed E-state index contributed by atoms with van der Waals surface area (Å²) in [5.74, 6) is 0. The van der Waals surface area contributed by atoms with Crippen molar-refractivity contribution in [1.29, 1.82) is 0 Å². The molecule has 1 amide bonds. The van der Waals surface area contributed by atoms with Crippen LogP contribution < -0.4 is 4.90 Å². The lowest BCUT2D eigenvalue weighted by molar-refractivity contribution is -0.107. The maximum Gasteiger partial charge on any atom is 0.214 e. The third-order valence-electron chi connectivity index (χ3n) is 3.80. The molecule has 0 saturated carbocycles. The SMILES string of the molecule is Cc1ccccc1N(C=O)Cc1ccc(-c2ccccc2)nc1. The zero-order valence-electron chi connectivity index (χ0n) is 13.0. The highest BCUT2D eigenvalue weighted by Gasteiger charge is 2.09. The normalized spacial score (nSPS) is 10.3. The predicted octanol–water partition coefficient (Wildman–Crippen LogP) is 4.22. The molecule has 23 heavy (non-hydrogen) atoms. The Morgan fingerprint density at radius 3 is 2.35 bits per heavy atom. The fraction of sp³-hybridized carbons (Fsp3) is 0.100. The van der Waals surface area contributed by atoms with Crippen LogP contribution in [0.4, 0.5) is 5.69 Å². The van der Waals surface area contributed by atoms with Crippen molar-refractivity contribution < 1.29 is 4.79 Å². The summed E-state index contributed by atoms with van der Waals surface area (Å²) in [6, 6.07) is 21.9.